The maximum atomic E-state index is 12.8. The minimum atomic E-state index is -0.422. The first kappa shape index (κ1) is 18.8. The number of rotatable bonds is 5. The van der Waals surface area contributed by atoms with Crippen LogP contribution in [0.2, 0.25) is 0 Å². The quantitative estimate of drug-likeness (QED) is 0.296. The molecule has 150 valence electrons. The zero-order valence-corrected chi connectivity index (χ0v) is 16.7. The predicted octanol–water partition coefficient (Wildman–Crippen LogP) is 5.26. The van der Waals surface area contributed by atoms with E-state index in [0.29, 0.717) is 23.4 Å². The molecule has 0 fully saturated rings. The van der Waals surface area contributed by atoms with E-state index in [1.165, 1.54) is 0 Å². The molecule has 0 aliphatic carbocycles. The summed E-state index contributed by atoms with van der Waals surface area (Å²) in [5, 5.41) is 5.56. The fraction of sp³-hybridized carbons (Fsp3) is 0.0385. The number of aromatic nitrogens is 2. The van der Waals surface area contributed by atoms with Crippen molar-refractivity contribution in [1.82, 2.24) is 9.78 Å². The second-order valence-corrected chi connectivity index (χ2v) is 7.15. The van der Waals surface area contributed by atoms with E-state index in [9.17, 15) is 4.79 Å². The molecule has 0 aliphatic rings. The van der Waals surface area contributed by atoms with Crippen LogP contribution in [0.3, 0.4) is 0 Å². The second kappa shape index (κ2) is 8.24. The van der Waals surface area contributed by atoms with Crippen LogP contribution in [0.1, 0.15) is 11.1 Å². The zero-order valence-electron chi connectivity index (χ0n) is 16.7. The Balaban J connectivity index is 1.60. The van der Waals surface area contributed by atoms with Crippen molar-refractivity contribution in [3.05, 3.63) is 119 Å². The van der Waals surface area contributed by atoms with Crippen LogP contribution in [0.4, 0.5) is 0 Å². The average molecular weight is 405 g/mol. The molecule has 2 aromatic heterocycles. The lowest BCUT2D eigenvalue weighted by atomic mass is 10.1. The fourth-order valence-electron chi connectivity index (χ4n) is 3.46. The van der Waals surface area contributed by atoms with Crippen molar-refractivity contribution >= 4 is 17.2 Å². The van der Waals surface area contributed by atoms with Crippen LogP contribution in [-0.2, 0) is 6.54 Å². The third-order valence-electron chi connectivity index (χ3n) is 5.01. The number of fused-ring (bicyclic) bond motifs is 1. The van der Waals surface area contributed by atoms with E-state index in [0.717, 1.165) is 22.2 Å². The molecule has 0 bridgehead atoms. The van der Waals surface area contributed by atoms with Crippen LogP contribution in [-0.4, -0.2) is 16.0 Å². The van der Waals surface area contributed by atoms with Gasteiger partial charge in [0.15, 0.2) is 0 Å². The van der Waals surface area contributed by atoms with Crippen LogP contribution < -0.4 is 5.63 Å². The summed E-state index contributed by atoms with van der Waals surface area (Å²) in [7, 11) is 0. The van der Waals surface area contributed by atoms with Crippen molar-refractivity contribution in [1.29, 1.82) is 0 Å². The van der Waals surface area contributed by atoms with Gasteiger partial charge in [0, 0.05) is 23.4 Å². The van der Waals surface area contributed by atoms with Gasteiger partial charge in [0.2, 0.25) is 0 Å². The maximum absolute atomic E-state index is 12.8. The molecule has 0 atom stereocenters. The molecule has 5 rings (SSSR count). The van der Waals surface area contributed by atoms with Gasteiger partial charge in [0.25, 0.3) is 0 Å². The van der Waals surface area contributed by atoms with Gasteiger partial charge in [-0.1, -0.05) is 66.7 Å². The topological polar surface area (TPSA) is 60.4 Å². The first-order valence-corrected chi connectivity index (χ1v) is 10.00. The molecule has 31 heavy (non-hydrogen) atoms. The van der Waals surface area contributed by atoms with Crippen LogP contribution >= 0.6 is 0 Å². The van der Waals surface area contributed by atoms with E-state index in [-0.39, 0.29) is 0 Å². The molecule has 0 amide bonds. The Hall–Kier alpha value is -4.25. The van der Waals surface area contributed by atoms with Gasteiger partial charge in [-0.15, -0.1) is 0 Å². The molecule has 0 radical (unpaired) electrons. The smallest absolute Gasteiger partial charge is 0.345 e. The van der Waals surface area contributed by atoms with Crippen LogP contribution in [0.15, 0.2) is 111 Å². The standard InChI is InChI=1S/C26H19N3O2/c30-26-23(15-20-11-7-8-14-24(20)31-26)25-21(17-27-16-19-9-3-1-4-10-19)18-29(28-25)22-12-5-2-6-13-22/h1-15,17-18H,16H2. The summed E-state index contributed by atoms with van der Waals surface area (Å²) in [6.07, 6.45) is 3.65. The number of benzene rings is 3. The van der Waals surface area contributed by atoms with Gasteiger partial charge in [-0.2, -0.15) is 5.10 Å². The summed E-state index contributed by atoms with van der Waals surface area (Å²) in [4.78, 5) is 17.4. The Kier molecular flexibility index (Phi) is 4.99. The molecule has 0 aliphatic heterocycles. The normalized spacial score (nSPS) is 11.4. The fourth-order valence-corrected chi connectivity index (χ4v) is 3.46. The van der Waals surface area contributed by atoms with Crippen LogP contribution in [0.25, 0.3) is 27.9 Å². The van der Waals surface area contributed by atoms with Crippen molar-refractivity contribution in [3.8, 4) is 16.9 Å². The van der Waals surface area contributed by atoms with E-state index < -0.39 is 5.63 Å². The molecule has 0 saturated carbocycles. The SMILES string of the molecule is O=c1oc2ccccc2cc1-c1nn(-c2ccccc2)cc1C=NCc1ccccc1. The first-order valence-electron chi connectivity index (χ1n) is 10.00. The first-order chi connectivity index (χ1) is 15.3. The largest absolute Gasteiger partial charge is 0.422 e. The Bertz CT molecular complexity index is 1420. The number of hydrogen-bond donors (Lipinski definition) is 0. The van der Waals surface area contributed by atoms with Crippen molar-refractivity contribution in [2.75, 3.05) is 0 Å². The van der Waals surface area contributed by atoms with Gasteiger partial charge >= 0.3 is 5.63 Å². The van der Waals surface area contributed by atoms with Gasteiger partial charge in [-0.3, -0.25) is 4.99 Å². The number of para-hydroxylation sites is 2. The number of aliphatic imine (C=N–C) groups is 1. The second-order valence-electron chi connectivity index (χ2n) is 7.15. The van der Waals surface area contributed by atoms with Crippen LogP contribution in [0.5, 0.6) is 0 Å². The van der Waals surface area contributed by atoms with Crippen molar-refractivity contribution in [2.24, 2.45) is 4.99 Å². The van der Waals surface area contributed by atoms with Crippen molar-refractivity contribution in [2.45, 2.75) is 6.54 Å². The van der Waals surface area contributed by atoms with Gasteiger partial charge in [-0.05, 0) is 29.8 Å². The molecule has 5 nitrogen and oxygen atoms in total. The highest BCUT2D eigenvalue weighted by molar-refractivity contribution is 5.90. The Morgan fingerprint density at radius 3 is 2.42 bits per heavy atom. The predicted molar refractivity (Wildman–Crippen MR) is 123 cm³/mol. The Labute approximate surface area is 178 Å². The van der Waals surface area contributed by atoms with Gasteiger partial charge in [0.05, 0.1) is 17.8 Å². The molecular formula is C26H19N3O2. The molecule has 2 heterocycles. The third-order valence-corrected chi connectivity index (χ3v) is 5.01. The summed E-state index contributed by atoms with van der Waals surface area (Å²) in [6.45, 7) is 0.545. The molecule has 0 unspecified atom stereocenters. The highest BCUT2D eigenvalue weighted by Crippen LogP contribution is 2.23. The zero-order chi connectivity index (χ0) is 21.0. The van der Waals surface area contributed by atoms with E-state index >= 15 is 0 Å². The highest BCUT2D eigenvalue weighted by Gasteiger charge is 2.16. The maximum Gasteiger partial charge on any atom is 0.345 e. The third kappa shape index (κ3) is 3.94. The summed E-state index contributed by atoms with van der Waals surface area (Å²) in [5.41, 5.74) is 3.85. The molecular weight excluding hydrogens is 386 g/mol. The summed E-state index contributed by atoms with van der Waals surface area (Å²) in [6, 6.07) is 29.1. The Morgan fingerprint density at radius 1 is 0.903 bits per heavy atom. The lowest BCUT2D eigenvalue weighted by Gasteiger charge is -2.01. The number of hydrogen-bond acceptors (Lipinski definition) is 4. The van der Waals surface area contributed by atoms with Crippen molar-refractivity contribution < 1.29 is 4.42 Å². The van der Waals surface area contributed by atoms with Crippen LogP contribution in [0, 0.1) is 0 Å². The van der Waals surface area contributed by atoms with Gasteiger partial charge < -0.3 is 4.42 Å². The molecule has 0 spiro atoms. The summed E-state index contributed by atoms with van der Waals surface area (Å²) in [5.74, 6) is 0. The van der Waals surface area contributed by atoms with E-state index in [2.05, 4.69) is 4.99 Å². The minimum absolute atomic E-state index is 0.412. The monoisotopic (exact) mass is 405 g/mol. The lowest BCUT2D eigenvalue weighted by molar-refractivity contribution is 0.563. The molecule has 0 saturated heterocycles. The van der Waals surface area contributed by atoms with E-state index in [1.54, 1.807) is 17.0 Å². The number of nitrogens with zero attached hydrogens (tertiary/aromatic N) is 3. The summed E-state index contributed by atoms with van der Waals surface area (Å²) >= 11 is 0. The summed E-state index contributed by atoms with van der Waals surface area (Å²) < 4.78 is 7.30. The van der Waals surface area contributed by atoms with Crippen molar-refractivity contribution in [3.63, 3.8) is 0 Å². The minimum Gasteiger partial charge on any atom is -0.422 e. The molecule has 5 aromatic rings. The molecule has 0 N–H and O–H groups in total. The van der Waals surface area contributed by atoms with Gasteiger partial charge in [-0.25, -0.2) is 9.48 Å². The van der Waals surface area contributed by atoms with E-state index in [1.807, 2.05) is 91.1 Å². The van der Waals surface area contributed by atoms with E-state index in [4.69, 9.17) is 9.52 Å². The highest BCUT2D eigenvalue weighted by atomic mass is 16.4. The molecule has 3 aromatic carbocycles. The lowest BCUT2D eigenvalue weighted by Crippen LogP contribution is -2.05. The average Bonchev–Trinajstić information content (AvgIpc) is 3.24. The molecule has 5 heteroatoms. The van der Waals surface area contributed by atoms with Gasteiger partial charge in [0.1, 0.15) is 11.3 Å². The Morgan fingerprint density at radius 2 is 1.61 bits per heavy atom.